The Labute approximate surface area is 189 Å². The summed E-state index contributed by atoms with van der Waals surface area (Å²) in [5, 5.41) is 3.63. The van der Waals surface area contributed by atoms with Crippen LogP contribution < -0.4 is 5.32 Å². The highest BCUT2D eigenvalue weighted by Crippen LogP contribution is 2.44. The standard InChI is InChI=1S/C23H32ClN5O2/c1-16-3-6-18(13-19(16)24)25-22(31)27-9-7-23(8-10-27)28-12-11-26(2)15-20(28)21(30)29(23)14-17-4-5-17/h3,6,13,17,20H,4-5,7-12,14-15H2,1-2H3,(H,25,31)/t20-/m1/s1. The van der Waals surface area contributed by atoms with Crippen molar-refractivity contribution < 1.29 is 9.59 Å². The molecule has 8 heteroatoms. The van der Waals surface area contributed by atoms with E-state index in [1.807, 2.05) is 24.0 Å². The first-order chi connectivity index (χ1) is 14.9. The molecular formula is C23H32ClN5O2. The van der Waals surface area contributed by atoms with E-state index >= 15 is 0 Å². The molecule has 1 N–H and O–H groups in total. The molecule has 0 aromatic heterocycles. The van der Waals surface area contributed by atoms with E-state index in [1.165, 1.54) is 12.8 Å². The van der Waals surface area contributed by atoms with Crippen LogP contribution in [0.3, 0.4) is 0 Å². The maximum atomic E-state index is 13.4. The molecule has 3 saturated heterocycles. The molecule has 168 valence electrons. The molecule has 5 rings (SSSR count). The van der Waals surface area contributed by atoms with Crippen molar-refractivity contribution in [3.05, 3.63) is 28.8 Å². The third-order valence-corrected chi connectivity index (χ3v) is 7.99. The minimum atomic E-state index is -0.227. The van der Waals surface area contributed by atoms with Crippen LogP contribution in [0.5, 0.6) is 0 Å². The van der Waals surface area contributed by atoms with Gasteiger partial charge in [0.1, 0.15) is 11.7 Å². The van der Waals surface area contributed by atoms with Crippen LogP contribution >= 0.6 is 11.6 Å². The summed E-state index contributed by atoms with van der Waals surface area (Å²) < 4.78 is 0. The van der Waals surface area contributed by atoms with Crippen LogP contribution in [0.1, 0.15) is 31.2 Å². The number of piperidine rings is 1. The zero-order valence-electron chi connectivity index (χ0n) is 18.4. The molecule has 1 aliphatic carbocycles. The van der Waals surface area contributed by atoms with Gasteiger partial charge < -0.3 is 20.0 Å². The number of hydrogen-bond acceptors (Lipinski definition) is 4. The fraction of sp³-hybridized carbons (Fsp3) is 0.652. The predicted octanol–water partition coefficient (Wildman–Crippen LogP) is 2.84. The lowest BCUT2D eigenvalue weighted by Crippen LogP contribution is -2.64. The summed E-state index contributed by atoms with van der Waals surface area (Å²) in [6.45, 7) is 6.84. The second-order valence-corrected chi connectivity index (χ2v) is 10.1. The Kier molecular flexibility index (Phi) is 5.39. The molecule has 0 unspecified atom stereocenters. The van der Waals surface area contributed by atoms with Crippen molar-refractivity contribution in [2.45, 2.75) is 44.3 Å². The van der Waals surface area contributed by atoms with Crippen molar-refractivity contribution in [3.63, 3.8) is 0 Å². The van der Waals surface area contributed by atoms with Crippen LogP contribution in [0.15, 0.2) is 18.2 Å². The van der Waals surface area contributed by atoms with Gasteiger partial charge in [0.05, 0.1) is 0 Å². The summed E-state index contributed by atoms with van der Waals surface area (Å²) in [5.74, 6) is 0.957. The number of rotatable bonds is 3. The van der Waals surface area contributed by atoms with Gasteiger partial charge in [0.15, 0.2) is 0 Å². The normalized spacial score (nSPS) is 26.4. The van der Waals surface area contributed by atoms with Crippen LogP contribution in [0, 0.1) is 12.8 Å². The summed E-state index contributed by atoms with van der Waals surface area (Å²) in [6.07, 6.45) is 4.09. The van der Waals surface area contributed by atoms with Crippen LogP contribution in [0.2, 0.25) is 5.02 Å². The number of likely N-dealkylation sites (N-methyl/N-ethyl adjacent to an activating group) is 1. The van der Waals surface area contributed by atoms with E-state index in [2.05, 4.69) is 27.1 Å². The molecule has 31 heavy (non-hydrogen) atoms. The zero-order chi connectivity index (χ0) is 21.8. The van der Waals surface area contributed by atoms with E-state index in [0.29, 0.717) is 35.6 Å². The Morgan fingerprint density at radius 3 is 2.61 bits per heavy atom. The summed E-state index contributed by atoms with van der Waals surface area (Å²) in [7, 11) is 2.10. The number of hydrogen-bond donors (Lipinski definition) is 1. The molecule has 0 bridgehead atoms. The lowest BCUT2D eigenvalue weighted by Gasteiger charge is -2.50. The number of piperazine rings is 1. The fourth-order valence-electron chi connectivity index (χ4n) is 5.49. The molecule has 0 radical (unpaired) electrons. The summed E-state index contributed by atoms with van der Waals surface area (Å²) in [6, 6.07) is 5.46. The lowest BCUT2D eigenvalue weighted by atomic mass is 9.93. The Hall–Kier alpha value is -1.83. The molecule has 7 nitrogen and oxygen atoms in total. The number of urea groups is 1. The average molecular weight is 446 g/mol. The van der Waals surface area contributed by atoms with E-state index < -0.39 is 0 Å². The van der Waals surface area contributed by atoms with Crippen molar-refractivity contribution in [1.82, 2.24) is 19.6 Å². The third-order valence-electron chi connectivity index (χ3n) is 7.58. The molecular weight excluding hydrogens is 414 g/mol. The Morgan fingerprint density at radius 2 is 1.94 bits per heavy atom. The number of benzene rings is 1. The number of likely N-dealkylation sites (tertiary alicyclic amines) is 1. The van der Waals surface area contributed by atoms with Crippen LogP contribution in [-0.2, 0) is 4.79 Å². The summed E-state index contributed by atoms with van der Waals surface area (Å²) in [5.41, 5.74) is 1.48. The molecule has 1 saturated carbocycles. The molecule has 1 aromatic carbocycles. The number of aryl methyl sites for hydroxylation is 1. The number of carbonyl (C=O) groups excluding carboxylic acids is 2. The Balaban J connectivity index is 1.30. The zero-order valence-corrected chi connectivity index (χ0v) is 19.2. The van der Waals surface area contributed by atoms with E-state index in [9.17, 15) is 9.59 Å². The average Bonchev–Trinajstić information content (AvgIpc) is 3.55. The molecule has 1 atom stereocenters. The molecule has 4 fully saturated rings. The van der Waals surface area contributed by atoms with E-state index in [1.54, 1.807) is 6.07 Å². The summed E-state index contributed by atoms with van der Waals surface area (Å²) in [4.78, 5) is 35.1. The van der Waals surface area contributed by atoms with Crippen molar-refractivity contribution in [1.29, 1.82) is 0 Å². The quantitative estimate of drug-likeness (QED) is 0.777. The maximum absolute atomic E-state index is 13.4. The van der Waals surface area contributed by atoms with Gasteiger partial charge in [0.25, 0.3) is 0 Å². The van der Waals surface area contributed by atoms with Gasteiger partial charge in [0, 0.05) is 62.8 Å². The highest BCUT2D eigenvalue weighted by molar-refractivity contribution is 6.31. The number of nitrogens with one attached hydrogen (secondary N) is 1. The van der Waals surface area contributed by atoms with Gasteiger partial charge in [-0.05, 0) is 50.4 Å². The molecule has 3 amide bonds. The lowest BCUT2D eigenvalue weighted by molar-refractivity contribution is -0.134. The van der Waals surface area contributed by atoms with Crippen LogP contribution in [0.25, 0.3) is 0 Å². The summed E-state index contributed by atoms with van der Waals surface area (Å²) >= 11 is 6.21. The minimum absolute atomic E-state index is 0.0347. The van der Waals surface area contributed by atoms with Gasteiger partial charge in [-0.25, -0.2) is 4.79 Å². The van der Waals surface area contributed by atoms with Crippen molar-refractivity contribution >= 4 is 29.2 Å². The largest absolute Gasteiger partial charge is 0.324 e. The Bertz CT molecular complexity index is 881. The fourth-order valence-corrected chi connectivity index (χ4v) is 5.67. The molecule has 3 heterocycles. The van der Waals surface area contributed by atoms with Gasteiger partial charge >= 0.3 is 6.03 Å². The van der Waals surface area contributed by atoms with Gasteiger partial charge in [-0.1, -0.05) is 17.7 Å². The first-order valence-corrected chi connectivity index (χ1v) is 11.8. The Morgan fingerprint density at radius 1 is 1.19 bits per heavy atom. The van der Waals surface area contributed by atoms with Crippen LogP contribution in [0.4, 0.5) is 10.5 Å². The first-order valence-electron chi connectivity index (χ1n) is 11.5. The van der Waals surface area contributed by atoms with Crippen molar-refractivity contribution in [2.24, 2.45) is 5.92 Å². The third kappa shape index (κ3) is 3.81. The SMILES string of the molecule is Cc1ccc(NC(=O)N2CCC3(CC2)N(CC2CC2)C(=O)[C@H]2CN(C)CCN23)cc1Cl. The number of amides is 3. The maximum Gasteiger partial charge on any atom is 0.321 e. The van der Waals surface area contributed by atoms with E-state index in [4.69, 9.17) is 11.6 Å². The van der Waals surface area contributed by atoms with Gasteiger partial charge in [-0.2, -0.15) is 0 Å². The predicted molar refractivity (Wildman–Crippen MR) is 121 cm³/mol. The monoisotopic (exact) mass is 445 g/mol. The highest BCUT2D eigenvalue weighted by Gasteiger charge is 2.59. The minimum Gasteiger partial charge on any atom is -0.324 e. The number of halogens is 1. The van der Waals surface area contributed by atoms with Gasteiger partial charge in [-0.3, -0.25) is 9.69 Å². The van der Waals surface area contributed by atoms with Gasteiger partial charge in [-0.15, -0.1) is 0 Å². The second-order valence-electron chi connectivity index (χ2n) is 9.73. The number of nitrogens with zero attached hydrogens (tertiary/aromatic N) is 4. The van der Waals surface area contributed by atoms with E-state index in [0.717, 1.165) is 44.6 Å². The van der Waals surface area contributed by atoms with Crippen LogP contribution in [-0.4, -0.2) is 89.6 Å². The van der Waals surface area contributed by atoms with Gasteiger partial charge in [0.2, 0.25) is 5.91 Å². The first kappa shape index (κ1) is 21.0. The van der Waals surface area contributed by atoms with Crippen molar-refractivity contribution in [3.8, 4) is 0 Å². The number of fused-ring (bicyclic) bond motifs is 2. The number of anilines is 1. The smallest absolute Gasteiger partial charge is 0.321 e. The molecule has 1 aromatic rings. The van der Waals surface area contributed by atoms with Crippen molar-refractivity contribution in [2.75, 3.05) is 51.6 Å². The number of carbonyl (C=O) groups is 2. The molecule has 3 aliphatic heterocycles. The molecule has 4 aliphatic rings. The van der Waals surface area contributed by atoms with E-state index in [-0.39, 0.29) is 17.7 Å². The topological polar surface area (TPSA) is 59.1 Å². The molecule has 1 spiro atoms. The second kappa shape index (κ2) is 7.94. The highest BCUT2D eigenvalue weighted by atomic mass is 35.5.